The summed E-state index contributed by atoms with van der Waals surface area (Å²) in [6.07, 6.45) is 5.95. The van der Waals surface area contributed by atoms with Gasteiger partial charge in [0.15, 0.2) is 0 Å². The lowest BCUT2D eigenvalue weighted by Gasteiger charge is -2.28. The monoisotopic (exact) mass is 323 g/mol. The maximum Gasteiger partial charge on any atom is 0.141 e. The second-order valence-electron chi connectivity index (χ2n) is 5.41. The van der Waals surface area contributed by atoms with Crippen molar-refractivity contribution in [1.82, 2.24) is 9.97 Å². The lowest BCUT2D eigenvalue weighted by Crippen LogP contribution is -2.36. The van der Waals surface area contributed by atoms with Gasteiger partial charge >= 0.3 is 0 Å². The van der Waals surface area contributed by atoms with E-state index in [4.69, 9.17) is 4.74 Å². The summed E-state index contributed by atoms with van der Waals surface area (Å²) in [7, 11) is 0. The van der Waals surface area contributed by atoms with Gasteiger partial charge in [-0.2, -0.15) is 0 Å². The third kappa shape index (κ3) is 2.98. The van der Waals surface area contributed by atoms with E-state index in [9.17, 15) is 0 Å². The first-order valence-corrected chi connectivity index (χ1v) is 8.58. The van der Waals surface area contributed by atoms with Gasteiger partial charge in [-0.1, -0.05) is 42.5 Å². The molecular weight excluding hydrogens is 306 g/mol. The molecule has 0 N–H and O–H groups in total. The molecule has 5 heteroatoms. The molecule has 0 atom stereocenters. The molecule has 3 heterocycles. The van der Waals surface area contributed by atoms with Gasteiger partial charge in [0.2, 0.25) is 0 Å². The van der Waals surface area contributed by atoms with Crippen molar-refractivity contribution in [2.45, 2.75) is 0 Å². The zero-order valence-corrected chi connectivity index (χ0v) is 13.5. The van der Waals surface area contributed by atoms with Crippen molar-refractivity contribution in [2.24, 2.45) is 0 Å². The van der Waals surface area contributed by atoms with Crippen LogP contribution in [0.4, 0.5) is 5.82 Å². The SMILES string of the molecule is C(=C\c1csc2ncnc(N3CCOCC3)c12)/c1ccccc1. The van der Waals surface area contributed by atoms with Gasteiger partial charge in [-0.25, -0.2) is 9.97 Å². The van der Waals surface area contributed by atoms with E-state index in [1.807, 2.05) is 18.2 Å². The number of fused-ring (bicyclic) bond motifs is 1. The largest absolute Gasteiger partial charge is 0.378 e. The molecule has 4 rings (SSSR count). The molecular formula is C18H17N3OS. The van der Waals surface area contributed by atoms with E-state index in [-0.39, 0.29) is 0 Å². The van der Waals surface area contributed by atoms with E-state index < -0.39 is 0 Å². The van der Waals surface area contributed by atoms with Crippen molar-refractivity contribution in [3.05, 3.63) is 53.2 Å². The van der Waals surface area contributed by atoms with Crippen molar-refractivity contribution in [1.29, 1.82) is 0 Å². The second-order valence-corrected chi connectivity index (χ2v) is 6.27. The highest BCUT2D eigenvalue weighted by Gasteiger charge is 2.18. The standard InChI is InChI=1S/C18H17N3OS/c1-2-4-14(5-3-1)6-7-15-12-23-18-16(15)17(19-13-20-18)21-8-10-22-11-9-21/h1-7,12-13H,8-11H2/b7-6+. The van der Waals surface area contributed by atoms with Gasteiger partial charge in [-0.3, -0.25) is 0 Å². The Morgan fingerprint density at radius 2 is 1.87 bits per heavy atom. The smallest absolute Gasteiger partial charge is 0.141 e. The molecule has 0 bridgehead atoms. The van der Waals surface area contributed by atoms with Crippen LogP contribution in [0.25, 0.3) is 22.4 Å². The van der Waals surface area contributed by atoms with Crippen LogP contribution in [-0.2, 0) is 4.74 Å². The van der Waals surface area contributed by atoms with Gasteiger partial charge in [-0.15, -0.1) is 11.3 Å². The van der Waals surface area contributed by atoms with Crippen LogP contribution in [0.1, 0.15) is 11.1 Å². The minimum absolute atomic E-state index is 0.755. The van der Waals surface area contributed by atoms with E-state index >= 15 is 0 Å². The average Bonchev–Trinajstić information content (AvgIpc) is 3.05. The Morgan fingerprint density at radius 3 is 2.70 bits per heavy atom. The molecule has 1 aliphatic heterocycles. The van der Waals surface area contributed by atoms with Crippen LogP contribution in [0.5, 0.6) is 0 Å². The Balaban J connectivity index is 1.74. The Hall–Kier alpha value is -2.24. The third-order valence-electron chi connectivity index (χ3n) is 3.94. The Labute approximate surface area is 139 Å². The summed E-state index contributed by atoms with van der Waals surface area (Å²) in [4.78, 5) is 12.3. The zero-order chi connectivity index (χ0) is 15.5. The summed E-state index contributed by atoms with van der Waals surface area (Å²) in [6.45, 7) is 3.27. The van der Waals surface area contributed by atoms with Crippen LogP contribution < -0.4 is 4.90 Å². The van der Waals surface area contributed by atoms with Gasteiger partial charge in [0, 0.05) is 18.5 Å². The molecule has 0 unspecified atom stereocenters. The summed E-state index contributed by atoms with van der Waals surface area (Å²) in [5.41, 5.74) is 2.37. The van der Waals surface area contributed by atoms with Crippen LogP contribution in [0, 0.1) is 0 Å². The predicted octanol–water partition coefficient (Wildman–Crippen LogP) is 3.70. The summed E-state index contributed by atoms with van der Waals surface area (Å²) >= 11 is 1.67. The number of anilines is 1. The van der Waals surface area contributed by atoms with Crippen molar-refractivity contribution in [3.63, 3.8) is 0 Å². The molecule has 0 spiro atoms. The Morgan fingerprint density at radius 1 is 1.04 bits per heavy atom. The molecule has 3 aromatic rings. The number of aromatic nitrogens is 2. The van der Waals surface area contributed by atoms with Crippen molar-refractivity contribution in [3.8, 4) is 0 Å². The van der Waals surface area contributed by atoms with Crippen LogP contribution in [0.15, 0.2) is 42.0 Å². The van der Waals surface area contributed by atoms with Gasteiger partial charge in [0.05, 0.1) is 18.6 Å². The molecule has 2 aromatic heterocycles. The molecule has 0 aliphatic carbocycles. The Bertz CT molecular complexity index is 823. The van der Waals surface area contributed by atoms with E-state index in [0.29, 0.717) is 0 Å². The van der Waals surface area contributed by atoms with Gasteiger partial charge < -0.3 is 9.64 Å². The first-order valence-electron chi connectivity index (χ1n) is 7.70. The van der Waals surface area contributed by atoms with Gasteiger partial charge in [0.1, 0.15) is 17.0 Å². The minimum Gasteiger partial charge on any atom is -0.378 e. The number of rotatable bonds is 3. The number of ether oxygens (including phenoxy) is 1. The quantitative estimate of drug-likeness (QED) is 0.737. The fourth-order valence-electron chi connectivity index (χ4n) is 2.77. The molecule has 0 radical (unpaired) electrons. The normalized spacial score (nSPS) is 15.6. The lowest BCUT2D eigenvalue weighted by molar-refractivity contribution is 0.122. The van der Waals surface area contributed by atoms with E-state index in [1.165, 1.54) is 11.1 Å². The van der Waals surface area contributed by atoms with Crippen molar-refractivity contribution >= 4 is 39.5 Å². The lowest BCUT2D eigenvalue weighted by atomic mass is 10.1. The Kier molecular flexibility index (Phi) is 4.05. The number of hydrogen-bond acceptors (Lipinski definition) is 5. The van der Waals surface area contributed by atoms with Crippen molar-refractivity contribution in [2.75, 3.05) is 31.2 Å². The fourth-order valence-corrected chi connectivity index (χ4v) is 3.64. The van der Waals surface area contributed by atoms with E-state index in [1.54, 1.807) is 17.7 Å². The first-order chi connectivity index (χ1) is 11.4. The van der Waals surface area contributed by atoms with Crippen LogP contribution in [0.2, 0.25) is 0 Å². The molecule has 1 saturated heterocycles. The molecule has 0 saturated carbocycles. The average molecular weight is 323 g/mol. The zero-order valence-electron chi connectivity index (χ0n) is 12.7. The van der Waals surface area contributed by atoms with Crippen LogP contribution in [0.3, 0.4) is 0 Å². The highest BCUT2D eigenvalue weighted by Crippen LogP contribution is 2.32. The fraction of sp³-hybridized carbons (Fsp3) is 0.222. The number of thiophene rings is 1. The summed E-state index contributed by atoms with van der Waals surface area (Å²) in [5.74, 6) is 1.02. The topological polar surface area (TPSA) is 38.2 Å². The highest BCUT2D eigenvalue weighted by atomic mass is 32.1. The predicted molar refractivity (Wildman–Crippen MR) is 95.8 cm³/mol. The summed E-state index contributed by atoms with van der Waals surface area (Å²) in [6, 6.07) is 10.3. The number of nitrogens with zero attached hydrogens (tertiary/aromatic N) is 3. The molecule has 1 fully saturated rings. The van der Waals surface area contributed by atoms with E-state index in [0.717, 1.165) is 42.3 Å². The molecule has 4 nitrogen and oxygen atoms in total. The summed E-state index contributed by atoms with van der Waals surface area (Å²) in [5, 5.41) is 3.30. The van der Waals surface area contributed by atoms with Crippen LogP contribution >= 0.6 is 11.3 Å². The first kappa shape index (κ1) is 14.4. The molecule has 1 aromatic carbocycles. The van der Waals surface area contributed by atoms with Crippen LogP contribution in [-0.4, -0.2) is 36.3 Å². The number of benzene rings is 1. The van der Waals surface area contributed by atoms with Gasteiger partial charge in [0.25, 0.3) is 0 Å². The maximum absolute atomic E-state index is 5.45. The molecule has 0 amide bonds. The second kappa shape index (κ2) is 6.48. The highest BCUT2D eigenvalue weighted by molar-refractivity contribution is 7.17. The molecule has 1 aliphatic rings. The summed E-state index contributed by atoms with van der Waals surface area (Å²) < 4.78 is 5.45. The third-order valence-corrected chi connectivity index (χ3v) is 4.85. The maximum atomic E-state index is 5.45. The number of morpholine rings is 1. The minimum atomic E-state index is 0.755. The van der Waals surface area contributed by atoms with E-state index in [2.05, 4.69) is 44.5 Å². The van der Waals surface area contributed by atoms with Crippen molar-refractivity contribution < 1.29 is 4.74 Å². The van der Waals surface area contributed by atoms with Gasteiger partial charge in [-0.05, 0) is 11.1 Å². The molecule has 116 valence electrons. The molecule has 23 heavy (non-hydrogen) atoms. The number of hydrogen-bond donors (Lipinski definition) is 0.